The Morgan fingerprint density at radius 1 is 0.974 bits per heavy atom. The minimum Gasteiger partial charge on any atom is -0.496 e. The molecule has 0 spiro atoms. The molecule has 1 aromatic heterocycles. The fourth-order valence-corrected chi connectivity index (χ4v) is 3.43. The van der Waals surface area contributed by atoms with E-state index in [9.17, 15) is 14.4 Å². The number of hydrogen-bond acceptors (Lipinski definition) is 10. The van der Waals surface area contributed by atoms with Crippen LogP contribution in [-0.4, -0.2) is 63.9 Å². The average molecular weight is 526 g/mol. The highest BCUT2D eigenvalue weighted by molar-refractivity contribution is 5.90. The number of esters is 1. The Labute approximate surface area is 220 Å². The number of alkyl carbamates (subject to hydrolysis) is 1. The van der Waals surface area contributed by atoms with Gasteiger partial charge in [-0.2, -0.15) is 4.80 Å². The molecule has 0 bridgehead atoms. The third kappa shape index (κ3) is 8.02. The van der Waals surface area contributed by atoms with Gasteiger partial charge in [-0.3, -0.25) is 9.59 Å². The minimum absolute atomic E-state index is 0.00520. The predicted molar refractivity (Wildman–Crippen MR) is 135 cm³/mol. The summed E-state index contributed by atoms with van der Waals surface area (Å²) in [6.45, 7) is 4.73. The number of ketones is 1. The molecular formula is C26H31N5O7. The first-order chi connectivity index (χ1) is 18.1. The van der Waals surface area contributed by atoms with Gasteiger partial charge in [0.05, 0.1) is 20.6 Å². The van der Waals surface area contributed by atoms with Crippen molar-refractivity contribution < 1.29 is 33.3 Å². The lowest BCUT2D eigenvalue weighted by Gasteiger charge is -2.22. The van der Waals surface area contributed by atoms with Gasteiger partial charge in [0.2, 0.25) is 5.82 Å². The molecule has 1 unspecified atom stereocenters. The van der Waals surface area contributed by atoms with Crippen LogP contribution in [0, 0.1) is 0 Å². The maximum atomic E-state index is 13.2. The summed E-state index contributed by atoms with van der Waals surface area (Å²) in [6.07, 6.45) is -1.26. The topological polar surface area (TPSA) is 144 Å². The van der Waals surface area contributed by atoms with E-state index in [0.717, 1.165) is 10.4 Å². The van der Waals surface area contributed by atoms with Crippen molar-refractivity contribution in [2.45, 2.75) is 52.0 Å². The van der Waals surface area contributed by atoms with Crippen LogP contribution in [0.15, 0.2) is 48.5 Å². The van der Waals surface area contributed by atoms with Crippen molar-refractivity contribution in [1.82, 2.24) is 25.5 Å². The molecule has 1 heterocycles. The SMILES string of the molecule is COc1cccc(OC)c1-c1nnn(CC(=O)C(CC(=O)OC(C)(C)C)NC(=O)OCc2ccccc2)n1. The number of rotatable bonds is 11. The first-order valence-corrected chi connectivity index (χ1v) is 11.8. The molecule has 1 atom stereocenters. The third-order valence-electron chi connectivity index (χ3n) is 5.09. The summed E-state index contributed by atoms with van der Waals surface area (Å²) in [6, 6.07) is 13.0. The first-order valence-electron chi connectivity index (χ1n) is 11.8. The van der Waals surface area contributed by atoms with E-state index < -0.39 is 35.9 Å². The van der Waals surface area contributed by atoms with Crippen LogP contribution in [0.3, 0.4) is 0 Å². The highest BCUT2D eigenvalue weighted by Gasteiger charge is 2.28. The number of Topliss-reactive ketones (excluding diaryl/α,β-unsaturated/α-hetero) is 1. The molecule has 0 aliphatic carbocycles. The molecule has 12 heteroatoms. The largest absolute Gasteiger partial charge is 0.496 e. The number of methoxy groups -OCH3 is 2. The second kappa shape index (κ2) is 12.7. The summed E-state index contributed by atoms with van der Waals surface area (Å²) >= 11 is 0. The van der Waals surface area contributed by atoms with E-state index in [-0.39, 0.29) is 19.0 Å². The number of aromatic nitrogens is 4. The summed E-state index contributed by atoms with van der Waals surface area (Å²) in [4.78, 5) is 39.2. The van der Waals surface area contributed by atoms with Gasteiger partial charge in [0, 0.05) is 0 Å². The van der Waals surface area contributed by atoms with Crippen molar-refractivity contribution in [1.29, 1.82) is 0 Å². The Morgan fingerprint density at radius 3 is 2.24 bits per heavy atom. The lowest BCUT2D eigenvalue weighted by molar-refractivity contribution is -0.156. The van der Waals surface area contributed by atoms with Gasteiger partial charge in [-0.25, -0.2) is 4.79 Å². The smallest absolute Gasteiger partial charge is 0.408 e. The molecule has 0 fully saturated rings. The van der Waals surface area contributed by atoms with Crippen LogP contribution in [0.2, 0.25) is 0 Å². The Kier molecular flexibility index (Phi) is 9.36. The van der Waals surface area contributed by atoms with Gasteiger partial charge < -0.3 is 24.3 Å². The highest BCUT2D eigenvalue weighted by atomic mass is 16.6. The maximum Gasteiger partial charge on any atom is 0.408 e. The van der Waals surface area contributed by atoms with Crippen molar-refractivity contribution in [2.75, 3.05) is 14.2 Å². The summed E-state index contributed by atoms with van der Waals surface area (Å²) in [5.41, 5.74) is 0.460. The molecule has 1 N–H and O–H groups in total. The maximum absolute atomic E-state index is 13.2. The normalized spacial score (nSPS) is 11.8. The molecule has 0 aliphatic heterocycles. The zero-order valence-electron chi connectivity index (χ0n) is 22.0. The number of nitrogens with one attached hydrogen (secondary N) is 1. The minimum atomic E-state index is -1.25. The molecule has 202 valence electrons. The lowest BCUT2D eigenvalue weighted by Crippen LogP contribution is -2.45. The lowest BCUT2D eigenvalue weighted by atomic mass is 10.1. The molecule has 12 nitrogen and oxygen atoms in total. The Hall–Kier alpha value is -4.48. The summed E-state index contributed by atoms with van der Waals surface area (Å²) in [5, 5.41) is 14.7. The van der Waals surface area contributed by atoms with Crippen LogP contribution in [0.4, 0.5) is 4.79 Å². The van der Waals surface area contributed by atoms with E-state index >= 15 is 0 Å². The summed E-state index contributed by atoms with van der Waals surface area (Å²) in [7, 11) is 2.99. The van der Waals surface area contributed by atoms with Crippen molar-refractivity contribution in [3.8, 4) is 22.9 Å². The van der Waals surface area contributed by atoms with Crippen molar-refractivity contribution in [3.05, 3.63) is 54.1 Å². The number of ether oxygens (including phenoxy) is 4. The van der Waals surface area contributed by atoms with Gasteiger partial charge in [-0.1, -0.05) is 36.4 Å². The third-order valence-corrected chi connectivity index (χ3v) is 5.09. The second-order valence-electron chi connectivity index (χ2n) is 9.20. The molecule has 2 aromatic carbocycles. The van der Waals surface area contributed by atoms with E-state index in [0.29, 0.717) is 17.1 Å². The number of hydrogen-bond donors (Lipinski definition) is 1. The number of benzene rings is 2. The number of nitrogens with zero attached hydrogens (tertiary/aromatic N) is 4. The molecule has 0 radical (unpaired) electrons. The predicted octanol–water partition coefficient (Wildman–Crippen LogP) is 2.95. The standard InChI is InChI=1S/C26H31N5O7/c1-26(2,3)38-22(33)14-18(27-25(34)37-16-17-10-7-6-8-11-17)19(32)15-31-29-24(28-30-31)23-20(35-4)12-9-13-21(23)36-5/h6-13,18H,14-16H2,1-5H3,(H,27,34). The average Bonchev–Trinajstić information content (AvgIpc) is 3.33. The number of carbonyl (C=O) groups excluding carboxylic acids is 3. The number of amides is 1. The highest BCUT2D eigenvalue weighted by Crippen LogP contribution is 2.35. The summed E-state index contributed by atoms with van der Waals surface area (Å²) < 4.78 is 21.3. The quantitative estimate of drug-likeness (QED) is 0.371. The van der Waals surface area contributed by atoms with E-state index in [1.165, 1.54) is 14.2 Å². The molecule has 0 aliphatic rings. The molecule has 0 saturated carbocycles. The van der Waals surface area contributed by atoms with Crippen LogP contribution in [0.5, 0.6) is 11.5 Å². The Bertz CT molecular complexity index is 1230. The Balaban J connectivity index is 1.74. The summed E-state index contributed by atoms with van der Waals surface area (Å²) in [5.74, 6) is -0.124. The van der Waals surface area contributed by atoms with Gasteiger partial charge in [0.15, 0.2) is 5.78 Å². The molecule has 3 rings (SSSR count). The van der Waals surface area contributed by atoms with Crippen molar-refractivity contribution in [2.24, 2.45) is 0 Å². The molecular weight excluding hydrogens is 494 g/mol. The zero-order chi connectivity index (χ0) is 27.7. The van der Waals surface area contributed by atoms with Crippen LogP contribution in [0.25, 0.3) is 11.4 Å². The fourth-order valence-electron chi connectivity index (χ4n) is 3.43. The van der Waals surface area contributed by atoms with Gasteiger partial charge in [0.1, 0.15) is 41.9 Å². The van der Waals surface area contributed by atoms with Crippen LogP contribution >= 0.6 is 0 Å². The van der Waals surface area contributed by atoms with E-state index in [1.807, 2.05) is 18.2 Å². The molecule has 0 saturated heterocycles. The van der Waals surface area contributed by atoms with Gasteiger partial charge in [0.25, 0.3) is 0 Å². The van der Waals surface area contributed by atoms with Crippen LogP contribution < -0.4 is 14.8 Å². The van der Waals surface area contributed by atoms with Gasteiger partial charge in [-0.05, 0) is 43.7 Å². The molecule has 3 aromatic rings. The van der Waals surface area contributed by atoms with E-state index in [4.69, 9.17) is 18.9 Å². The van der Waals surface area contributed by atoms with Crippen LogP contribution in [0.1, 0.15) is 32.8 Å². The van der Waals surface area contributed by atoms with Crippen LogP contribution in [-0.2, 0) is 32.2 Å². The van der Waals surface area contributed by atoms with Gasteiger partial charge in [-0.15, -0.1) is 10.2 Å². The first kappa shape index (κ1) is 28.1. The zero-order valence-corrected chi connectivity index (χ0v) is 22.0. The molecule has 1 amide bonds. The monoisotopic (exact) mass is 525 g/mol. The number of tetrazole rings is 1. The fraction of sp³-hybridized carbons (Fsp3) is 0.385. The molecule has 38 heavy (non-hydrogen) atoms. The Morgan fingerprint density at radius 2 is 1.63 bits per heavy atom. The second-order valence-corrected chi connectivity index (χ2v) is 9.20. The van der Waals surface area contributed by atoms with E-state index in [2.05, 4.69) is 20.7 Å². The van der Waals surface area contributed by atoms with Crippen molar-refractivity contribution >= 4 is 17.8 Å². The number of carbonyl (C=O) groups is 3. The van der Waals surface area contributed by atoms with Crippen molar-refractivity contribution in [3.63, 3.8) is 0 Å². The van der Waals surface area contributed by atoms with Gasteiger partial charge >= 0.3 is 12.1 Å². The van der Waals surface area contributed by atoms with E-state index in [1.54, 1.807) is 51.1 Å².